The van der Waals surface area contributed by atoms with E-state index in [9.17, 15) is 9.59 Å². The Balaban J connectivity index is 2.35. The summed E-state index contributed by atoms with van der Waals surface area (Å²) in [5, 5.41) is 0. The molecule has 1 aromatic carbocycles. The lowest BCUT2D eigenvalue weighted by Crippen LogP contribution is -2.19. The smallest absolute Gasteiger partial charge is 0.337 e. The summed E-state index contributed by atoms with van der Waals surface area (Å²) in [6.45, 7) is 3.77. The first-order valence-electron chi connectivity index (χ1n) is 6.81. The van der Waals surface area contributed by atoms with Crippen molar-refractivity contribution in [2.24, 2.45) is 0 Å². The van der Waals surface area contributed by atoms with E-state index in [1.54, 1.807) is 18.2 Å². The van der Waals surface area contributed by atoms with Gasteiger partial charge in [-0.15, -0.1) is 0 Å². The van der Waals surface area contributed by atoms with Gasteiger partial charge >= 0.3 is 5.97 Å². The fourth-order valence-corrected chi connectivity index (χ4v) is 2.17. The van der Waals surface area contributed by atoms with E-state index in [0.29, 0.717) is 29.8 Å². The van der Waals surface area contributed by atoms with E-state index in [-0.39, 0.29) is 11.5 Å². The largest absolute Gasteiger partial charge is 0.465 e. The van der Waals surface area contributed by atoms with E-state index in [1.807, 2.05) is 19.9 Å². The van der Waals surface area contributed by atoms with Crippen molar-refractivity contribution in [2.75, 3.05) is 7.11 Å². The number of carbonyl (C=O) groups is 1. The van der Waals surface area contributed by atoms with Crippen LogP contribution in [-0.2, 0) is 17.6 Å². The lowest BCUT2D eigenvalue weighted by atomic mass is 10.0. The summed E-state index contributed by atoms with van der Waals surface area (Å²) < 4.78 is 4.70. The molecule has 1 aromatic heterocycles. The average Bonchev–Trinajstić information content (AvgIpc) is 2.50. The number of esters is 1. The molecule has 0 saturated carbocycles. The normalized spacial score (nSPS) is 10.4. The highest BCUT2D eigenvalue weighted by Crippen LogP contribution is 2.12. The molecule has 2 aromatic rings. The Kier molecular flexibility index (Phi) is 4.52. The molecule has 2 rings (SSSR count). The number of nitrogens with zero attached hydrogens (tertiary/aromatic N) is 1. The predicted octanol–water partition coefficient (Wildman–Crippen LogP) is 2.02. The van der Waals surface area contributed by atoms with E-state index in [0.717, 1.165) is 11.3 Å². The lowest BCUT2D eigenvalue weighted by molar-refractivity contribution is 0.0600. The summed E-state index contributed by atoms with van der Waals surface area (Å²) in [5.74, 6) is 0.298. The Bertz CT molecular complexity index is 720. The van der Waals surface area contributed by atoms with Crippen molar-refractivity contribution in [3.05, 3.63) is 62.8 Å². The van der Waals surface area contributed by atoms with E-state index in [4.69, 9.17) is 4.74 Å². The number of H-pyrrole nitrogens is 1. The van der Waals surface area contributed by atoms with E-state index >= 15 is 0 Å². The monoisotopic (exact) mass is 286 g/mol. The van der Waals surface area contributed by atoms with Gasteiger partial charge in [-0.25, -0.2) is 9.78 Å². The van der Waals surface area contributed by atoms with Crippen LogP contribution in [0, 0.1) is 6.92 Å². The summed E-state index contributed by atoms with van der Waals surface area (Å²) in [6, 6.07) is 7.07. The van der Waals surface area contributed by atoms with Crippen molar-refractivity contribution in [1.82, 2.24) is 9.97 Å². The molecule has 1 N–H and O–H groups in total. The van der Waals surface area contributed by atoms with Gasteiger partial charge in [0.1, 0.15) is 5.82 Å². The molecule has 5 nitrogen and oxygen atoms in total. The van der Waals surface area contributed by atoms with Gasteiger partial charge in [-0.2, -0.15) is 0 Å². The molecule has 5 heteroatoms. The molecule has 21 heavy (non-hydrogen) atoms. The highest BCUT2D eigenvalue weighted by atomic mass is 16.5. The molecule has 0 saturated heterocycles. The molecular weight excluding hydrogens is 268 g/mol. The summed E-state index contributed by atoms with van der Waals surface area (Å²) >= 11 is 0. The zero-order valence-corrected chi connectivity index (χ0v) is 12.4. The van der Waals surface area contributed by atoms with Gasteiger partial charge in [0.05, 0.1) is 12.7 Å². The summed E-state index contributed by atoms with van der Waals surface area (Å²) in [6.07, 6.45) is 1.12. The van der Waals surface area contributed by atoms with Crippen LogP contribution in [0.5, 0.6) is 0 Å². The molecular formula is C16H18N2O3. The Morgan fingerprint density at radius 3 is 2.76 bits per heavy atom. The number of hydrogen-bond acceptors (Lipinski definition) is 4. The first-order valence-corrected chi connectivity index (χ1v) is 6.81. The van der Waals surface area contributed by atoms with Crippen molar-refractivity contribution in [2.45, 2.75) is 26.7 Å². The second-order valence-corrected chi connectivity index (χ2v) is 4.80. The van der Waals surface area contributed by atoms with Gasteiger partial charge in [0.15, 0.2) is 0 Å². The maximum absolute atomic E-state index is 12.1. The Labute approximate surface area is 123 Å². The van der Waals surface area contributed by atoms with Crippen LogP contribution in [0.15, 0.2) is 29.1 Å². The minimum absolute atomic E-state index is 0.122. The number of benzene rings is 1. The average molecular weight is 286 g/mol. The maximum Gasteiger partial charge on any atom is 0.337 e. The Morgan fingerprint density at radius 2 is 2.14 bits per heavy atom. The minimum Gasteiger partial charge on any atom is -0.465 e. The third kappa shape index (κ3) is 3.37. The van der Waals surface area contributed by atoms with E-state index in [1.165, 1.54) is 7.11 Å². The second kappa shape index (κ2) is 6.35. The second-order valence-electron chi connectivity index (χ2n) is 4.80. The van der Waals surface area contributed by atoms with Crippen molar-refractivity contribution in [3.63, 3.8) is 0 Å². The van der Waals surface area contributed by atoms with Gasteiger partial charge < -0.3 is 9.72 Å². The molecule has 0 spiro atoms. The molecule has 0 atom stereocenters. The van der Waals surface area contributed by atoms with Gasteiger partial charge in [-0.1, -0.05) is 19.1 Å². The Hall–Kier alpha value is -2.43. The minimum atomic E-state index is -0.387. The fraction of sp³-hybridized carbons (Fsp3) is 0.312. The molecule has 0 fully saturated rings. The van der Waals surface area contributed by atoms with Gasteiger partial charge in [-0.3, -0.25) is 4.79 Å². The molecule has 0 unspecified atom stereocenters. The first kappa shape index (κ1) is 15.0. The third-order valence-corrected chi connectivity index (χ3v) is 3.34. The van der Waals surface area contributed by atoms with E-state index < -0.39 is 0 Å². The Morgan fingerprint density at radius 1 is 1.38 bits per heavy atom. The zero-order valence-electron chi connectivity index (χ0n) is 12.4. The lowest BCUT2D eigenvalue weighted by Gasteiger charge is -2.07. The quantitative estimate of drug-likeness (QED) is 0.873. The summed E-state index contributed by atoms with van der Waals surface area (Å²) in [4.78, 5) is 30.8. The van der Waals surface area contributed by atoms with Crippen LogP contribution in [0.25, 0.3) is 0 Å². The zero-order chi connectivity index (χ0) is 15.4. The van der Waals surface area contributed by atoms with Crippen LogP contribution < -0.4 is 5.56 Å². The maximum atomic E-state index is 12.1. The van der Waals surface area contributed by atoms with Crippen LogP contribution >= 0.6 is 0 Å². The number of nitrogens with one attached hydrogen (secondary N) is 1. The highest BCUT2D eigenvalue weighted by molar-refractivity contribution is 5.89. The molecule has 110 valence electrons. The van der Waals surface area contributed by atoms with E-state index in [2.05, 4.69) is 9.97 Å². The third-order valence-electron chi connectivity index (χ3n) is 3.34. The number of methoxy groups -OCH3 is 1. The highest BCUT2D eigenvalue weighted by Gasteiger charge is 2.10. The molecule has 0 radical (unpaired) electrons. The first-order chi connectivity index (χ1) is 10.0. The number of aromatic nitrogens is 2. The number of rotatable bonds is 4. The predicted molar refractivity (Wildman–Crippen MR) is 79.6 cm³/mol. The standard InChI is InChI=1S/C16H18N2O3/c1-4-14-17-10(2)13(15(19)18-14)9-11-6-5-7-12(8-11)16(20)21-3/h5-8H,4,9H2,1-3H3,(H,17,18,19). The fourth-order valence-electron chi connectivity index (χ4n) is 2.17. The van der Waals surface area contributed by atoms with Crippen molar-refractivity contribution < 1.29 is 9.53 Å². The van der Waals surface area contributed by atoms with Gasteiger partial charge in [-0.05, 0) is 24.6 Å². The van der Waals surface area contributed by atoms with Crippen LogP contribution in [0.4, 0.5) is 0 Å². The summed E-state index contributed by atoms with van der Waals surface area (Å²) in [5.41, 5.74) is 2.57. The molecule has 0 aliphatic carbocycles. The van der Waals surface area contributed by atoms with Crippen LogP contribution in [-0.4, -0.2) is 23.0 Å². The van der Waals surface area contributed by atoms with Gasteiger partial charge in [0.2, 0.25) is 0 Å². The molecule has 1 heterocycles. The number of hydrogen-bond donors (Lipinski definition) is 1. The number of ether oxygens (including phenoxy) is 1. The van der Waals surface area contributed by atoms with Crippen LogP contribution in [0.3, 0.4) is 0 Å². The van der Waals surface area contributed by atoms with Crippen LogP contribution in [0.2, 0.25) is 0 Å². The number of aromatic amines is 1. The molecule has 0 aliphatic heterocycles. The van der Waals surface area contributed by atoms with Crippen molar-refractivity contribution >= 4 is 5.97 Å². The molecule has 0 aliphatic rings. The number of aryl methyl sites for hydroxylation is 2. The topological polar surface area (TPSA) is 72.0 Å². The molecule has 0 bridgehead atoms. The van der Waals surface area contributed by atoms with Gasteiger partial charge in [0, 0.05) is 24.1 Å². The van der Waals surface area contributed by atoms with Gasteiger partial charge in [0.25, 0.3) is 5.56 Å². The SMILES string of the molecule is CCc1nc(C)c(Cc2cccc(C(=O)OC)c2)c(=O)[nH]1. The number of carbonyl (C=O) groups excluding carboxylic acids is 1. The summed E-state index contributed by atoms with van der Waals surface area (Å²) in [7, 11) is 1.34. The van der Waals surface area contributed by atoms with Crippen LogP contribution in [0.1, 0.15) is 39.9 Å². The van der Waals surface area contributed by atoms with Crippen molar-refractivity contribution in [1.29, 1.82) is 0 Å². The van der Waals surface area contributed by atoms with Crippen molar-refractivity contribution in [3.8, 4) is 0 Å². The molecule has 0 amide bonds.